The molecule has 0 aromatic heterocycles. The van der Waals surface area contributed by atoms with Gasteiger partial charge in [-0.05, 0) is 25.7 Å². The van der Waals surface area contributed by atoms with E-state index >= 15 is 0 Å². The summed E-state index contributed by atoms with van der Waals surface area (Å²) in [5, 5.41) is 3.23. The van der Waals surface area contributed by atoms with Gasteiger partial charge in [0.15, 0.2) is 5.96 Å². The van der Waals surface area contributed by atoms with Gasteiger partial charge < -0.3 is 15.8 Å². The number of nitrogens with zero attached hydrogens (tertiary/aromatic N) is 2. The molecule has 1 unspecified atom stereocenters. The second-order valence-electron chi connectivity index (χ2n) is 5.40. The Labute approximate surface area is 133 Å². The molecule has 2 rings (SSSR count). The van der Waals surface area contributed by atoms with Crippen LogP contribution in [0, 0.1) is 5.92 Å². The van der Waals surface area contributed by atoms with Gasteiger partial charge in [-0.2, -0.15) is 0 Å². The molecule has 6 heteroatoms. The molecule has 0 amide bonds. The summed E-state index contributed by atoms with van der Waals surface area (Å²) < 4.78 is 5.34. The lowest BCUT2D eigenvalue weighted by Crippen LogP contribution is -2.44. The van der Waals surface area contributed by atoms with Gasteiger partial charge >= 0.3 is 0 Å². The van der Waals surface area contributed by atoms with Crippen LogP contribution < -0.4 is 11.1 Å². The molecule has 1 aliphatic heterocycles. The number of aliphatic imine (C=N–C) groups is 1. The van der Waals surface area contributed by atoms with E-state index < -0.39 is 0 Å². The van der Waals surface area contributed by atoms with Crippen LogP contribution >= 0.6 is 24.0 Å². The minimum Gasteiger partial charge on any atom is -0.379 e. The maximum atomic E-state index is 5.87. The lowest BCUT2D eigenvalue weighted by Gasteiger charge is -2.31. The van der Waals surface area contributed by atoms with Gasteiger partial charge in [-0.15, -0.1) is 24.0 Å². The lowest BCUT2D eigenvalue weighted by molar-refractivity contribution is 0.0220. The molecule has 0 spiro atoms. The fourth-order valence-corrected chi connectivity index (χ4v) is 2.37. The van der Waals surface area contributed by atoms with Gasteiger partial charge in [-0.25, -0.2) is 0 Å². The maximum absolute atomic E-state index is 5.87. The highest BCUT2D eigenvalue weighted by molar-refractivity contribution is 14.0. The lowest BCUT2D eigenvalue weighted by atomic mass is 9.85. The molecule has 0 radical (unpaired) electrons. The molecule has 1 atom stereocenters. The molecule has 0 bridgehead atoms. The molecule has 0 aromatic carbocycles. The minimum atomic E-state index is 0. The Bertz CT molecular complexity index is 278. The molecule has 3 N–H and O–H groups in total. The highest BCUT2D eigenvalue weighted by Gasteiger charge is 2.18. The van der Waals surface area contributed by atoms with Crippen LogP contribution in [0.2, 0.25) is 0 Å². The normalized spacial score (nSPS) is 23.3. The van der Waals surface area contributed by atoms with Crippen LogP contribution in [0.1, 0.15) is 26.2 Å². The summed E-state index contributed by atoms with van der Waals surface area (Å²) in [5.74, 6) is 1.41. The third kappa shape index (κ3) is 5.83. The molecule has 19 heavy (non-hydrogen) atoms. The fraction of sp³-hybridized carbons (Fsp3) is 0.923. The zero-order valence-electron chi connectivity index (χ0n) is 11.8. The van der Waals surface area contributed by atoms with E-state index in [2.05, 4.69) is 22.1 Å². The average Bonchev–Trinajstić information content (AvgIpc) is 2.35. The van der Waals surface area contributed by atoms with Gasteiger partial charge in [-0.1, -0.05) is 6.42 Å². The first kappa shape index (κ1) is 17.0. The zero-order valence-corrected chi connectivity index (χ0v) is 14.1. The molecule has 0 aromatic rings. The van der Waals surface area contributed by atoms with Crippen LogP contribution in [0.5, 0.6) is 0 Å². The second kappa shape index (κ2) is 8.97. The van der Waals surface area contributed by atoms with E-state index in [0.29, 0.717) is 12.0 Å². The number of ether oxygens (including phenoxy) is 1. The van der Waals surface area contributed by atoms with Crippen molar-refractivity contribution in [3.8, 4) is 0 Å². The smallest absolute Gasteiger partial charge is 0.188 e. The summed E-state index contributed by atoms with van der Waals surface area (Å²) in [6.45, 7) is 7.64. The standard InChI is InChI=1S/C13H26N4O.HI/c1-11(17-5-7-18-8-6-17)9-15-13(14)16-10-12-3-2-4-12;/h11-12H,2-10H2,1H3,(H3,14,15,16);1H. The second-order valence-corrected chi connectivity index (χ2v) is 5.40. The van der Waals surface area contributed by atoms with Crippen LogP contribution in [-0.4, -0.2) is 56.3 Å². The molecular formula is C13H27IN4O. The maximum Gasteiger partial charge on any atom is 0.188 e. The number of hydrogen-bond donors (Lipinski definition) is 2. The molecule has 1 saturated heterocycles. The Balaban J connectivity index is 0.00000180. The predicted molar refractivity (Wildman–Crippen MR) is 89.1 cm³/mol. The van der Waals surface area contributed by atoms with Crippen molar-refractivity contribution < 1.29 is 4.74 Å². The first-order valence-electron chi connectivity index (χ1n) is 7.11. The summed E-state index contributed by atoms with van der Waals surface area (Å²) in [6, 6.07) is 0.443. The van der Waals surface area contributed by atoms with Gasteiger partial charge in [0.1, 0.15) is 0 Å². The van der Waals surface area contributed by atoms with Crippen molar-refractivity contribution >= 4 is 29.9 Å². The van der Waals surface area contributed by atoms with Gasteiger partial charge in [0, 0.05) is 25.7 Å². The Kier molecular flexibility index (Phi) is 8.01. The van der Waals surface area contributed by atoms with Crippen molar-refractivity contribution in [2.24, 2.45) is 16.6 Å². The molecule has 2 aliphatic rings. The summed E-state index contributed by atoms with van der Waals surface area (Å²) in [6.07, 6.45) is 4.05. The first-order chi connectivity index (χ1) is 8.75. The Hall–Kier alpha value is -0.0800. The van der Waals surface area contributed by atoms with E-state index in [1.54, 1.807) is 0 Å². The van der Waals surface area contributed by atoms with Gasteiger partial charge in [0.05, 0.1) is 19.8 Å². The summed E-state index contributed by atoms with van der Waals surface area (Å²) in [4.78, 5) is 6.84. The number of guanidine groups is 1. The Morgan fingerprint density at radius 1 is 1.42 bits per heavy atom. The third-order valence-corrected chi connectivity index (χ3v) is 3.99. The SMILES string of the molecule is CC(CN=C(N)NCC1CCC1)N1CCOCC1.I. The molecule has 5 nitrogen and oxygen atoms in total. The van der Waals surface area contributed by atoms with Crippen molar-refractivity contribution in [2.45, 2.75) is 32.2 Å². The number of halogens is 1. The van der Waals surface area contributed by atoms with Gasteiger partial charge in [-0.3, -0.25) is 9.89 Å². The summed E-state index contributed by atoms with van der Waals surface area (Å²) >= 11 is 0. The summed E-state index contributed by atoms with van der Waals surface area (Å²) in [5.41, 5.74) is 5.87. The van der Waals surface area contributed by atoms with Gasteiger partial charge in [0.25, 0.3) is 0 Å². The topological polar surface area (TPSA) is 62.9 Å². The first-order valence-corrected chi connectivity index (χ1v) is 7.11. The number of hydrogen-bond acceptors (Lipinski definition) is 3. The van der Waals surface area contributed by atoms with E-state index in [1.165, 1.54) is 19.3 Å². The largest absolute Gasteiger partial charge is 0.379 e. The van der Waals surface area contributed by atoms with Crippen molar-refractivity contribution in [3.63, 3.8) is 0 Å². The zero-order chi connectivity index (χ0) is 12.8. The number of nitrogens with one attached hydrogen (secondary N) is 1. The van der Waals surface area contributed by atoms with Crippen LogP contribution in [-0.2, 0) is 4.74 Å². The molecule has 112 valence electrons. The van der Waals surface area contributed by atoms with E-state index in [-0.39, 0.29) is 24.0 Å². The number of rotatable bonds is 5. The molecular weight excluding hydrogens is 355 g/mol. The number of nitrogens with two attached hydrogens (primary N) is 1. The van der Waals surface area contributed by atoms with Crippen molar-refractivity contribution in [1.29, 1.82) is 0 Å². The van der Waals surface area contributed by atoms with Crippen LogP contribution in [0.3, 0.4) is 0 Å². The average molecular weight is 382 g/mol. The quantitative estimate of drug-likeness (QED) is 0.424. The molecule has 1 aliphatic carbocycles. The van der Waals surface area contributed by atoms with E-state index in [4.69, 9.17) is 10.5 Å². The summed E-state index contributed by atoms with van der Waals surface area (Å²) in [7, 11) is 0. The van der Waals surface area contributed by atoms with Gasteiger partial charge in [0.2, 0.25) is 0 Å². The fourth-order valence-electron chi connectivity index (χ4n) is 2.37. The predicted octanol–water partition coefficient (Wildman–Crippen LogP) is 1.03. The third-order valence-electron chi connectivity index (χ3n) is 3.99. The molecule has 1 heterocycles. The van der Waals surface area contributed by atoms with Crippen molar-refractivity contribution in [1.82, 2.24) is 10.2 Å². The Morgan fingerprint density at radius 2 is 2.11 bits per heavy atom. The Morgan fingerprint density at radius 3 is 2.68 bits per heavy atom. The molecule has 2 fully saturated rings. The van der Waals surface area contributed by atoms with E-state index in [1.807, 2.05) is 0 Å². The highest BCUT2D eigenvalue weighted by Crippen LogP contribution is 2.24. The highest BCUT2D eigenvalue weighted by atomic mass is 127. The van der Waals surface area contributed by atoms with Crippen LogP contribution in [0.4, 0.5) is 0 Å². The monoisotopic (exact) mass is 382 g/mol. The minimum absolute atomic E-state index is 0. The van der Waals surface area contributed by atoms with Crippen molar-refractivity contribution in [2.75, 3.05) is 39.4 Å². The van der Waals surface area contributed by atoms with E-state index in [9.17, 15) is 0 Å². The van der Waals surface area contributed by atoms with Crippen LogP contribution in [0.15, 0.2) is 4.99 Å². The number of morpholine rings is 1. The molecule has 1 saturated carbocycles. The van der Waals surface area contributed by atoms with E-state index in [0.717, 1.165) is 45.3 Å². The van der Waals surface area contributed by atoms with Crippen molar-refractivity contribution in [3.05, 3.63) is 0 Å². The van der Waals surface area contributed by atoms with Crippen LogP contribution in [0.25, 0.3) is 0 Å².